The lowest BCUT2D eigenvalue weighted by molar-refractivity contribution is 0.246. The van der Waals surface area contributed by atoms with Gasteiger partial charge in [0.15, 0.2) is 0 Å². The first-order valence-corrected chi connectivity index (χ1v) is 8.08. The summed E-state index contributed by atoms with van der Waals surface area (Å²) >= 11 is 0. The zero-order valence-corrected chi connectivity index (χ0v) is 11.9. The normalized spacial score (nSPS) is 22.0. The van der Waals surface area contributed by atoms with Crippen LogP contribution < -0.4 is 0 Å². The average Bonchev–Trinajstić information content (AvgIpc) is 2.39. The van der Waals surface area contributed by atoms with Crippen LogP contribution in [-0.2, 0) is 10.0 Å². The van der Waals surface area contributed by atoms with Gasteiger partial charge < -0.3 is 0 Å². The zero-order valence-electron chi connectivity index (χ0n) is 11.1. The quantitative estimate of drug-likeness (QED) is 0.844. The fraction of sp³-hybridized carbons (Fsp3) is 0.571. The molecule has 1 heterocycles. The predicted octanol–water partition coefficient (Wildman–Crippen LogP) is 2.95. The van der Waals surface area contributed by atoms with E-state index < -0.39 is 10.0 Å². The lowest BCUT2D eigenvalue weighted by Crippen LogP contribution is -2.43. The predicted molar refractivity (Wildman–Crippen MR) is 73.0 cm³/mol. The smallest absolute Gasteiger partial charge is 0.207 e. The highest BCUT2D eigenvalue weighted by molar-refractivity contribution is 7.89. The minimum absolute atomic E-state index is 0.171. The van der Waals surface area contributed by atoms with Crippen LogP contribution in [0, 0.1) is 6.92 Å². The molecule has 100 valence electrons. The van der Waals surface area contributed by atoms with Gasteiger partial charge in [-0.15, -0.1) is 0 Å². The maximum Gasteiger partial charge on any atom is 0.243 e. The van der Waals surface area contributed by atoms with E-state index in [1.807, 2.05) is 19.1 Å². The highest BCUT2D eigenvalue weighted by Crippen LogP contribution is 2.26. The van der Waals surface area contributed by atoms with E-state index in [2.05, 4.69) is 6.92 Å². The average molecular weight is 267 g/mol. The molecule has 1 aliphatic rings. The summed E-state index contributed by atoms with van der Waals surface area (Å²) in [5.74, 6) is 0. The first kappa shape index (κ1) is 13.6. The second-order valence-corrected chi connectivity index (χ2v) is 6.88. The van der Waals surface area contributed by atoms with E-state index in [1.54, 1.807) is 16.4 Å². The summed E-state index contributed by atoms with van der Waals surface area (Å²) in [5.41, 5.74) is 1.08. The summed E-state index contributed by atoms with van der Waals surface area (Å²) in [7, 11) is -3.31. The molecule has 4 heteroatoms. The van der Waals surface area contributed by atoms with Gasteiger partial charge in [-0.05, 0) is 38.3 Å². The van der Waals surface area contributed by atoms with E-state index in [0.29, 0.717) is 11.4 Å². The van der Waals surface area contributed by atoms with Gasteiger partial charge >= 0.3 is 0 Å². The van der Waals surface area contributed by atoms with Crippen molar-refractivity contribution in [3.8, 4) is 0 Å². The molecule has 18 heavy (non-hydrogen) atoms. The number of hydrogen-bond donors (Lipinski definition) is 0. The number of nitrogens with zero attached hydrogens (tertiary/aromatic N) is 1. The molecule has 1 fully saturated rings. The van der Waals surface area contributed by atoms with Gasteiger partial charge in [0.2, 0.25) is 10.0 Å². The third kappa shape index (κ3) is 2.59. The molecule has 0 N–H and O–H groups in total. The molecule has 3 nitrogen and oxygen atoms in total. The van der Waals surface area contributed by atoms with Crippen molar-refractivity contribution in [2.75, 3.05) is 6.54 Å². The molecule has 0 amide bonds. The molecule has 1 unspecified atom stereocenters. The Labute approximate surface area is 110 Å². The molecule has 1 aromatic carbocycles. The summed E-state index contributed by atoms with van der Waals surface area (Å²) in [4.78, 5) is 0.424. The Hall–Kier alpha value is -0.870. The van der Waals surface area contributed by atoms with Crippen LogP contribution in [-0.4, -0.2) is 25.3 Å². The third-order valence-corrected chi connectivity index (χ3v) is 5.64. The summed E-state index contributed by atoms with van der Waals surface area (Å²) in [6.45, 7) is 4.69. The number of sulfonamides is 1. The SMILES string of the molecule is CCC1CCCCN1S(=O)(=O)c1ccc(C)cc1. The monoisotopic (exact) mass is 267 g/mol. The van der Waals surface area contributed by atoms with Gasteiger partial charge in [-0.2, -0.15) is 4.31 Å². The summed E-state index contributed by atoms with van der Waals surface area (Å²) in [5, 5.41) is 0. The number of piperidine rings is 1. The van der Waals surface area contributed by atoms with Crippen LogP contribution in [0.3, 0.4) is 0 Å². The highest BCUT2D eigenvalue weighted by Gasteiger charge is 2.32. The fourth-order valence-corrected chi connectivity index (χ4v) is 4.31. The molecule has 1 atom stereocenters. The van der Waals surface area contributed by atoms with Crippen molar-refractivity contribution in [1.82, 2.24) is 4.31 Å². The fourth-order valence-electron chi connectivity index (χ4n) is 2.54. The third-order valence-electron chi connectivity index (χ3n) is 3.67. The standard InChI is InChI=1S/C14H21NO2S/c1-3-13-6-4-5-11-15(13)18(16,17)14-9-7-12(2)8-10-14/h7-10,13H,3-6,11H2,1-2H3. The van der Waals surface area contributed by atoms with Crippen LogP contribution in [0.1, 0.15) is 38.2 Å². The van der Waals surface area contributed by atoms with Crippen molar-refractivity contribution in [3.05, 3.63) is 29.8 Å². The molecule has 0 saturated carbocycles. The lowest BCUT2D eigenvalue weighted by Gasteiger charge is -2.34. The number of benzene rings is 1. The molecule has 2 rings (SSSR count). The zero-order chi connectivity index (χ0) is 13.2. The molecule has 0 aliphatic carbocycles. The van der Waals surface area contributed by atoms with Crippen LogP contribution in [0.4, 0.5) is 0 Å². The number of rotatable bonds is 3. The van der Waals surface area contributed by atoms with E-state index in [-0.39, 0.29) is 6.04 Å². The molecule has 0 spiro atoms. The molecule has 0 aromatic heterocycles. The van der Waals surface area contributed by atoms with E-state index in [0.717, 1.165) is 31.2 Å². The maximum absolute atomic E-state index is 12.6. The molecule has 0 bridgehead atoms. The second-order valence-electron chi connectivity index (χ2n) is 4.99. The van der Waals surface area contributed by atoms with E-state index in [4.69, 9.17) is 0 Å². The summed E-state index contributed by atoms with van der Waals surface area (Å²) in [6.07, 6.45) is 3.99. The number of aryl methyl sites for hydroxylation is 1. The van der Waals surface area contributed by atoms with Crippen molar-refractivity contribution in [1.29, 1.82) is 0 Å². The van der Waals surface area contributed by atoms with Crippen LogP contribution >= 0.6 is 0 Å². The number of hydrogen-bond acceptors (Lipinski definition) is 2. The van der Waals surface area contributed by atoms with Gasteiger partial charge in [-0.25, -0.2) is 8.42 Å². The van der Waals surface area contributed by atoms with Gasteiger partial charge in [0.25, 0.3) is 0 Å². The van der Waals surface area contributed by atoms with Crippen molar-refractivity contribution < 1.29 is 8.42 Å². The topological polar surface area (TPSA) is 37.4 Å². The lowest BCUT2D eigenvalue weighted by atomic mass is 10.0. The Morgan fingerprint density at radius 3 is 2.50 bits per heavy atom. The van der Waals surface area contributed by atoms with Crippen molar-refractivity contribution in [2.45, 2.75) is 50.5 Å². The second kappa shape index (κ2) is 5.41. The minimum atomic E-state index is -3.31. The minimum Gasteiger partial charge on any atom is -0.207 e. The van der Waals surface area contributed by atoms with Gasteiger partial charge in [0, 0.05) is 12.6 Å². The Bertz CT molecular complexity index is 493. The summed E-state index contributed by atoms with van der Waals surface area (Å²) in [6, 6.07) is 7.32. The van der Waals surface area contributed by atoms with Gasteiger partial charge in [-0.1, -0.05) is 31.0 Å². The van der Waals surface area contributed by atoms with Crippen molar-refractivity contribution in [3.63, 3.8) is 0 Å². The Kier molecular flexibility index (Phi) is 4.07. The van der Waals surface area contributed by atoms with E-state index in [1.165, 1.54) is 0 Å². The van der Waals surface area contributed by atoms with Crippen LogP contribution in [0.5, 0.6) is 0 Å². The Balaban J connectivity index is 2.32. The van der Waals surface area contributed by atoms with Crippen LogP contribution in [0.2, 0.25) is 0 Å². The van der Waals surface area contributed by atoms with E-state index >= 15 is 0 Å². The first-order valence-electron chi connectivity index (χ1n) is 6.64. The van der Waals surface area contributed by atoms with E-state index in [9.17, 15) is 8.42 Å². The molecular weight excluding hydrogens is 246 g/mol. The van der Waals surface area contributed by atoms with Crippen molar-refractivity contribution in [2.24, 2.45) is 0 Å². The van der Waals surface area contributed by atoms with Gasteiger partial charge in [0.1, 0.15) is 0 Å². The van der Waals surface area contributed by atoms with Crippen LogP contribution in [0.25, 0.3) is 0 Å². The highest BCUT2D eigenvalue weighted by atomic mass is 32.2. The molecular formula is C14H21NO2S. The largest absolute Gasteiger partial charge is 0.243 e. The van der Waals surface area contributed by atoms with Crippen LogP contribution in [0.15, 0.2) is 29.2 Å². The molecule has 1 aliphatic heterocycles. The first-order chi connectivity index (χ1) is 8.55. The molecule has 1 saturated heterocycles. The Morgan fingerprint density at radius 2 is 1.89 bits per heavy atom. The maximum atomic E-state index is 12.6. The summed E-state index contributed by atoms with van der Waals surface area (Å²) < 4.78 is 26.9. The molecule has 0 radical (unpaired) electrons. The Morgan fingerprint density at radius 1 is 1.22 bits per heavy atom. The molecule has 1 aromatic rings. The van der Waals surface area contributed by atoms with Crippen molar-refractivity contribution >= 4 is 10.0 Å². The van der Waals surface area contributed by atoms with Gasteiger partial charge in [0.05, 0.1) is 4.90 Å². The van der Waals surface area contributed by atoms with Gasteiger partial charge in [-0.3, -0.25) is 0 Å².